The third-order valence-corrected chi connectivity index (χ3v) is 8.78. The Morgan fingerprint density at radius 3 is 2.22 bits per heavy atom. The first kappa shape index (κ1) is 34.3. The predicted molar refractivity (Wildman–Crippen MR) is 185 cm³/mol. The van der Waals surface area contributed by atoms with Crippen LogP contribution < -0.4 is 5.32 Å². The molecule has 0 saturated carbocycles. The number of aromatic nitrogens is 3. The number of hydrogen-bond acceptors (Lipinski definition) is 5. The first-order valence-corrected chi connectivity index (χ1v) is 16.4. The van der Waals surface area contributed by atoms with Gasteiger partial charge in [0.1, 0.15) is 0 Å². The number of piperazine rings is 1. The van der Waals surface area contributed by atoms with Crippen molar-refractivity contribution in [3.63, 3.8) is 0 Å². The largest absolute Gasteiger partial charge is 0.416 e. The molecule has 1 saturated heterocycles. The quantitative estimate of drug-likeness (QED) is 0.158. The fourth-order valence-electron chi connectivity index (χ4n) is 6.02. The summed E-state index contributed by atoms with van der Waals surface area (Å²) >= 11 is 0. The number of alkyl halides is 3. The Morgan fingerprint density at radius 1 is 0.860 bits per heavy atom. The van der Waals surface area contributed by atoms with Crippen LogP contribution in [0.2, 0.25) is 0 Å². The van der Waals surface area contributed by atoms with E-state index < -0.39 is 23.6 Å². The monoisotopic (exact) mass is 678 g/mol. The van der Waals surface area contributed by atoms with Gasteiger partial charge in [-0.3, -0.25) is 19.5 Å². The molecule has 0 spiro atoms. The fourth-order valence-corrected chi connectivity index (χ4v) is 6.02. The van der Waals surface area contributed by atoms with Crippen molar-refractivity contribution in [1.82, 2.24) is 30.1 Å². The molecule has 1 aliphatic heterocycles. The van der Waals surface area contributed by atoms with Crippen LogP contribution in [0.4, 0.5) is 13.2 Å². The number of benzene rings is 3. The molecule has 2 N–H and O–H groups in total. The summed E-state index contributed by atoms with van der Waals surface area (Å²) in [7, 11) is 0. The number of carbonyl (C=O) groups excluding carboxylic acids is 2. The molecular weight excluding hydrogens is 641 g/mol. The Hall–Kier alpha value is -5.55. The molecule has 3 heterocycles. The molecule has 2 amide bonds. The van der Waals surface area contributed by atoms with Crippen LogP contribution in [-0.2, 0) is 35.3 Å². The number of halogens is 3. The van der Waals surface area contributed by atoms with Gasteiger partial charge in [-0.15, -0.1) is 0 Å². The van der Waals surface area contributed by atoms with Crippen molar-refractivity contribution in [3.8, 4) is 11.3 Å². The molecule has 1 aliphatic rings. The number of aromatic amines is 1. The summed E-state index contributed by atoms with van der Waals surface area (Å²) in [5.74, 6) is -1.56. The van der Waals surface area contributed by atoms with Crippen molar-refractivity contribution < 1.29 is 22.8 Å². The van der Waals surface area contributed by atoms with Crippen LogP contribution in [0.25, 0.3) is 17.3 Å². The van der Waals surface area contributed by atoms with Crippen LogP contribution in [0.1, 0.15) is 27.9 Å². The van der Waals surface area contributed by atoms with Crippen molar-refractivity contribution in [3.05, 3.63) is 149 Å². The average Bonchev–Trinajstić information content (AvgIpc) is 3.66. The Balaban J connectivity index is 1.27. The Morgan fingerprint density at radius 2 is 1.58 bits per heavy atom. The zero-order valence-corrected chi connectivity index (χ0v) is 27.3. The lowest BCUT2D eigenvalue weighted by molar-refractivity contribution is -0.138. The van der Waals surface area contributed by atoms with Crippen molar-refractivity contribution in [1.29, 1.82) is 0 Å². The van der Waals surface area contributed by atoms with E-state index in [-0.39, 0.29) is 24.4 Å². The van der Waals surface area contributed by atoms with Gasteiger partial charge < -0.3 is 15.2 Å². The van der Waals surface area contributed by atoms with Gasteiger partial charge in [-0.05, 0) is 53.5 Å². The molecule has 6 rings (SSSR count). The number of amides is 2. The van der Waals surface area contributed by atoms with Crippen molar-refractivity contribution >= 4 is 17.9 Å². The number of carbonyl (C=O) groups is 2. The smallest absolute Gasteiger partial charge is 0.348 e. The normalized spacial score (nSPS) is 14.7. The molecular formula is C39H37F3N6O2. The lowest BCUT2D eigenvalue weighted by Gasteiger charge is -2.36. The second-order valence-corrected chi connectivity index (χ2v) is 12.2. The number of pyridine rings is 1. The minimum atomic E-state index is -4.50. The van der Waals surface area contributed by atoms with Crippen LogP contribution >= 0.6 is 0 Å². The zero-order valence-electron chi connectivity index (χ0n) is 27.3. The second-order valence-electron chi connectivity index (χ2n) is 12.2. The minimum absolute atomic E-state index is 0.184. The summed E-state index contributed by atoms with van der Waals surface area (Å²) in [6.07, 6.45) is 2.42. The van der Waals surface area contributed by atoms with Gasteiger partial charge in [0.15, 0.2) is 0 Å². The second kappa shape index (κ2) is 15.8. The predicted octanol–water partition coefficient (Wildman–Crippen LogP) is 6.39. The summed E-state index contributed by atoms with van der Waals surface area (Å²) in [6.45, 7) is 3.08. The Labute approximate surface area is 288 Å². The molecule has 1 fully saturated rings. The van der Waals surface area contributed by atoms with E-state index in [2.05, 4.69) is 25.2 Å². The van der Waals surface area contributed by atoms with Gasteiger partial charge in [-0.1, -0.05) is 72.8 Å². The minimum Gasteiger partial charge on any atom is -0.348 e. The van der Waals surface area contributed by atoms with Gasteiger partial charge in [-0.2, -0.15) is 13.2 Å². The van der Waals surface area contributed by atoms with E-state index in [9.17, 15) is 22.8 Å². The maximum absolute atomic E-state index is 14.4. The van der Waals surface area contributed by atoms with E-state index in [0.29, 0.717) is 38.3 Å². The van der Waals surface area contributed by atoms with Gasteiger partial charge in [-0.25, -0.2) is 4.98 Å². The average molecular weight is 679 g/mol. The van der Waals surface area contributed by atoms with E-state index in [4.69, 9.17) is 0 Å². The lowest BCUT2D eigenvalue weighted by Crippen LogP contribution is -2.51. The standard InChI is InChI=1S/C39H37F3N6O2/c40-39(41,42)32-15-11-29(12-16-32)22-34(37(49)45-24-30-9-13-31(14-10-30)36-8-4-5-17-44-36)35(23-28-6-2-1-3-7-28)38(50)48-20-18-47(19-21-48)26-33-25-43-27-46-33/h1-17,22,25,27,35H,18-21,23-24,26H2,(H,43,46)(H,45,49)/t35-/m0/s1. The van der Waals surface area contributed by atoms with Crippen molar-refractivity contribution in [2.75, 3.05) is 26.2 Å². The molecule has 50 heavy (non-hydrogen) atoms. The van der Waals surface area contributed by atoms with Gasteiger partial charge in [0.05, 0.1) is 23.5 Å². The molecule has 0 aliphatic carbocycles. The third-order valence-electron chi connectivity index (χ3n) is 8.78. The summed E-state index contributed by atoms with van der Waals surface area (Å²) in [5, 5.41) is 2.98. The molecule has 256 valence electrons. The van der Waals surface area contributed by atoms with E-state index in [1.54, 1.807) is 29.7 Å². The molecule has 2 aromatic heterocycles. The molecule has 11 heteroatoms. The zero-order chi connectivity index (χ0) is 34.9. The molecule has 8 nitrogen and oxygen atoms in total. The highest BCUT2D eigenvalue weighted by atomic mass is 19.4. The summed E-state index contributed by atoms with van der Waals surface area (Å²) < 4.78 is 40.1. The number of nitrogens with one attached hydrogen (secondary N) is 2. The molecule has 0 radical (unpaired) electrons. The number of H-pyrrole nitrogens is 1. The molecule has 1 atom stereocenters. The number of hydrogen-bond donors (Lipinski definition) is 2. The topological polar surface area (TPSA) is 94.2 Å². The number of rotatable bonds is 11. The van der Waals surface area contributed by atoms with Crippen LogP contribution in [-0.4, -0.2) is 62.7 Å². The maximum atomic E-state index is 14.4. The number of nitrogens with zero attached hydrogens (tertiary/aromatic N) is 4. The lowest BCUT2D eigenvalue weighted by atomic mass is 9.88. The highest BCUT2D eigenvalue weighted by Crippen LogP contribution is 2.30. The summed E-state index contributed by atoms with van der Waals surface area (Å²) in [4.78, 5) is 44.1. The van der Waals surface area contributed by atoms with E-state index >= 15 is 0 Å². The molecule has 3 aromatic carbocycles. The van der Waals surface area contributed by atoms with Gasteiger partial charge >= 0.3 is 6.18 Å². The van der Waals surface area contributed by atoms with Crippen LogP contribution in [0.3, 0.4) is 0 Å². The first-order valence-electron chi connectivity index (χ1n) is 16.4. The van der Waals surface area contributed by atoms with Crippen molar-refractivity contribution in [2.24, 2.45) is 5.92 Å². The summed E-state index contributed by atoms with van der Waals surface area (Å²) in [5.41, 5.74) is 4.22. The van der Waals surface area contributed by atoms with E-state index in [1.807, 2.05) is 72.8 Å². The SMILES string of the molecule is O=C(NCc1ccc(-c2ccccn2)cc1)C(=Cc1ccc(C(F)(F)F)cc1)[C@H](Cc1ccccc1)C(=O)N1CCN(Cc2cnc[nH]2)CC1. The number of imidazole rings is 1. The van der Waals surface area contributed by atoms with E-state index in [0.717, 1.165) is 40.2 Å². The van der Waals surface area contributed by atoms with Crippen LogP contribution in [0.15, 0.2) is 121 Å². The molecule has 0 bridgehead atoms. The first-order chi connectivity index (χ1) is 24.2. The van der Waals surface area contributed by atoms with Gasteiger partial charge in [0, 0.05) is 68.5 Å². The summed E-state index contributed by atoms with van der Waals surface area (Å²) in [6, 6.07) is 27.4. The molecule has 5 aromatic rings. The van der Waals surface area contributed by atoms with Gasteiger partial charge in [0.25, 0.3) is 0 Å². The Bertz CT molecular complexity index is 1870. The highest BCUT2D eigenvalue weighted by Gasteiger charge is 2.34. The Kier molecular flexibility index (Phi) is 10.8. The van der Waals surface area contributed by atoms with Gasteiger partial charge in [0.2, 0.25) is 11.8 Å². The van der Waals surface area contributed by atoms with Crippen LogP contribution in [0.5, 0.6) is 0 Å². The third kappa shape index (κ3) is 8.91. The fraction of sp³-hybridized carbons (Fsp3) is 0.231. The molecule has 0 unspecified atom stereocenters. The highest BCUT2D eigenvalue weighted by molar-refractivity contribution is 6.04. The van der Waals surface area contributed by atoms with E-state index in [1.165, 1.54) is 12.1 Å². The van der Waals surface area contributed by atoms with Crippen molar-refractivity contribution in [2.45, 2.75) is 25.7 Å². The maximum Gasteiger partial charge on any atom is 0.416 e. The van der Waals surface area contributed by atoms with Crippen LogP contribution in [0, 0.1) is 5.92 Å².